The first-order valence-electron chi connectivity index (χ1n) is 10.4. The molecule has 8 nitrogen and oxygen atoms in total. The lowest BCUT2D eigenvalue weighted by Crippen LogP contribution is -2.41. The van der Waals surface area contributed by atoms with E-state index in [0.717, 1.165) is 25.0 Å². The largest absolute Gasteiger partial charge is 0.490 e. The van der Waals surface area contributed by atoms with E-state index in [9.17, 15) is 14.4 Å². The number of carbonyl (C=O) groups excluding carboxylic acids is 1. The molecule has 31 heavy (non-hydrogen) atoms. The van der Waals surface area contributed by atoms with Crippen LogP contribution in [0.1, 0.15) is 37.9 Å². The van der Waals surface area contributed by atoms with Gasteiger partial charge in [-0.1, -0.05) is 19.3 Å². The standard InChI is InChI=1S/C23H27NO7/c1-15-11-20(25)19-8-7-17(12-21(19)30-15)29-14-18(31-23(28)10-9-22(26)27)13-24-16-5-3-2-4-6-16/h7-12,16,18,24H,2-6,13-14H2,1H3,(H,26,27)/b10-9-. The molecule has 1 heterocycles. The number of benzene rings is 1. The number of hydrogen-bond acceptors (Lipinski definition) is 7. The van der Waals surface area contributed by atoms with Crippen molar-refractivity contribution in [1.29, 1.82) is 0 Å². The molecule has 1 atom stereocenters. The molecule has 166 valence electrons. The summed E-state index contributed by atoms with van der Waals surface area (Å²) in [6.45, 7) is 2.15. The van der Waals surface area contributed by atoms with E-state index in [1.165, 1.54) is 25.3 Å². The van der Waals surface area contributed by atoms with Gasteiger partial charge in [0.15, 0.2) is 5.43 Å². The molecule has 0 saturated heterocycles. The van der Waals surface area contributed by atoms with Crippen molar-refractivity contribution in [2.24, 2.45) is 0 Å². The molecule has 0 amide bonds. The fourth-order valence-electron chi connectivity index (χ4n) is 3.62. The number of carboxylic acids is 1. The van der Waals surface area contributed by atoms with Crippen molar-refractivity contribution in [3.63, 3.8) is 0 Å². The highest BCUT2D eigenvalue weighted by atomic mass is 16.6. The Morgan fingerprint density at radius 2 is 2.00 bits per heavy atom. The highest BCUT2D eigenvalue weighted by Gasteiger charge is 2.19. The predicted molar refractivity (Wildman–Crippen MR) is 114 cm³/mol. The second-order valence-electron chi connectivity index (χ2n) is 7.66. The van der Waals surface area contributed by atoms with Crippen LogP contribution in [-0.4, -0.2) is 42.3 Å². The molecule has 1 saturated carbocycles. The van der Waals surface area contributed by atoms with Crippen LogP contribution in [0.15, 0.2) is 45.6 Å². The fraction of sp³-hybridized carbons (Fsp3) is 0.435. The molecular formula is C23H27NO7. The number of aryl methyl sites for hydroxylation is 1. The van der Waals surface area contributed by atoms with E-state index >= 15 is 0 Å². The van der Waals surface area contributed by atoms with Gasteiger partial charge in [0.25, 0.3) is 0 Å². The Kier molecular flexibility index (Phi) is 7.83. The average molecular weight is 429 g/mol. The molecule has 1 fully saturated rings. The van der Waals surface area contributed by atoms with Crippen LogP contribution in [0.3, 0.4) is 0 Å². The third-order valence-corrected chi connectivity index (χ3v) is 5.14. The van der Waals surface area contributed by atoms with Crippen molar-refractivity contribution in [3.05, 3.63) is 52.4 Å². The fourth-order valence-corrected chi connectivity index (χ4v) is 3.62. The number of carbonyl (C=O) groups is 2. The van der Waals surface area contributed by atoms with Crippen molar-refractivity contribution in [2.45, 2.75) is 51.2 Å². The second-order valence-corrected chi connectivity index (χ2v) is 7.66. The number of rotatable bonds is 9. The van der Waals surface area contributed by atoms with Crippen LogP contribution in [0, 0.1) is 6.92 Å². The predicted octanol–water partition coefficient (Wildman–Crippen LogP) is 2.96. The molecule has 2 N–H and O–H groups in total. The summed E-state index contributed by atoms with van der Waals surface area (Å²) in [7, 11) is 0. The minimum atomic E-state index is -1.22. The molecule has 3 rings (SSSR count). The zero-order valence-corrected chi connectivity index (χ0v) is 17.5. The number of ether oxygens (including phenoxy) is 2. The van der Waals surface area contributed by atoms with Crippen molar-refractivity contribution in [3.8, 4) is 5.75 Å². The SMILES string of the molecule is Cc1cc(=O)c2ccc(OCC(CNC3CCCCC3)OC(=O)/C=C\C(=O)O)cc2o1. The van der Waals surface area contributed by atoms with Crippen molar-refractivity contribution < 1.29 is 28.6 Å². The van der Waals surface area contributed by atoms with Crippen LogP contribution in [0.5, 0.6) is 5.75 Å². The zero-order chi connectivity index (χ0) is 22.2. The van der Waals surface area contributed by atoms with Gasteiger partial charge >= 0.3 is 11.9 Å². The number of fused-ring (bicyclic) bond motifs is 1. The quantitative estimate of drug-likeness (QED) is 0.462. The summed E-state index contributed by atoms with van der Waals surface area (Å²) in [5.74, 6) is -0.996. The molecule has 8 heteroatoms. The van der Waals surface area contributed by atoms with Gasteiger partial charge in [-0.2, -0.15) is 0 Å². The smallest absolute Gasteiger partial charge is 0.331 e. The van der Waals surface area contributed by atoms with E-state index < -0.39 is 18.0 Å². The van der Waals surface area contributed by atoms with E-state index in [0.29, 0.717) is 35.1 Å². The lowest BCUT2D eigenvalue weighted by molar-refractivity contribution is -0.144. The van der Waals surface area contributed by atoms with Crippen molar-refractivity contribution >= 4 is 22.9 Å². The van der Waals surface area contributed by atoms with Gasteiger partial charge in [0, 0.05) is 36.9 Å². The van der Waals surface area contributed by atoms with Crippen molar-refractivity contribution in [2.75, 3.05) is 13.2 Å². The summed E-state index contributed by atoms with van der Waals surface area (Å²) in [5.41, 5.74) is 0.291. The molecular weight excluding hydrogens is 402 g/mol. The minimum absolute atomic E-state index is 0.0634. The molecule has 0 radical (unpaired) electrons. The second kappa shape index (κ2) is 10.8. The lowest BCUT2D eigenvalue weighted by atomic mass is 9.95. The van der Waals surface area contributed by atoms with Crippen molar-refractivity contribution in [1.82, 2.24) is 5.32 Å². The summed E-state index contributed by atoms with van der Waals surface area (Å²) in [6.07, 6.45) is 6.72. The van der Waals surface area contributed by atoms with Crippen LogP contribution >= 0.6 is 0 Å². The van der Waals surface area contributed by atoms with Crippen LogP contribution in [0.2, 0.25) is 0 Å². The number of esters is 1. The maximum absolute atomic E-state index is 12.0. The first-order valence-corrected chi connectivity index (χ1v) is 10.4. The van der Waals surface area contributed by atoms with Gasteiger partial charge in [0.1, 0.15) is 29.8 Å². The Morgan fingerprint density at radius 1 is 1.23 bits per heavy atom. The topological polar surface area (TPSA) is 115 Å². The molecule has 0 aliphatic heterocycles. The van der Waals surface area contributed by atoms with Crippen LogP contribution in [-0.2, 0) is 14.3 Å². The lowest BCUT2D eigenvalue weighted by Gasteiger charge is -2.25. The maximum atomic E-state index is 12.0. The summed E-state index contributed by atoms with van der Waals surface area (Å²) in [6, 6.07) is 6.71. The van der Waals surface area contributed by atoms with E-state index in [1.807, 2.05) is 0 Å². The average Bonchev–Trinajstić information content (AvgIpc) is 2.74. The molecule has 2 aromatic rings. The van der Waals surface area contributed by atoms with Gasteiger partial charge in [-0.25, -0.2) is 9.59 Å². The van der Waals surface area contributed by atoms with Gasteiger partial charge in [-0.3, -0.25) is 4.79 Å². The van der Waals surface area contributed by atoms with Gasteiger partial charge in [0.2, 0.25) is 0 Å². The van der Waals surface area contributed by atoms with E-state index in [4.69, 9.17) is 19.0 Å². The van der Waals surface area contributed by atoms with E-state index in [1.54, 1.807) is 25.1 Å². The van der Waals surface area contributed by atoms with Gasteiger partial charge in [-0.15, -0.1) is 0 Å². The summed E-state index contributed by atoms with van der Waals surface area (Å²) in [4.78, 5) is 34.6. The molecule has 1 unspecified atom stereocenters. The monoisotopic (exact) mass is 429 g/mol. The molecule has 1 aromatic heterocycles. The van der Waals surface area contributed by atoms with Crippen LogP contribution < -0.4 is 15.5 Å². The Labute approximate surface area is 179 Å². The first kappa shape index (κ1) is 22.6. The number of hydrogen-bond donors (Lipinski definition) is 2. The normalized spacial score (nSPS) is 15.8. The maximum Gasteiger partial charge on any atom is 0.331 e. The van der Waals surface area contributed by atoms with Crippen LogP contribution in [0.25, 0.3) is 11.0 Å². The number of carboxylic acid groups (broad SMARTS) is 1. The molecule has 0 spiro atoms. The summed E-state index contributed by atoms with van der Waals surface area (Å²) < 4.78 is 16.8. The Morgan fingerprint density at radius 3 is 2.74 bits per heavy atom. The highest BCUT2D eigenvalue weighted by Crippen LogP contribution is 2.20. The highest BCUT2D eigenvalue weighted by molar-refractivity contribution is 5.90. The third kappa shape index (κ3) is 6.96. The third-order valence-electron chi connectivity index (χ3n) is 5.14. The molecule has 1 aromatic carbocycles. The zero-order valence-electron chi connectivity index (χ0n) is 17.5. The van der Waals surface area contributed by atoms with Gasteiger partial charge in [0.05, 0.1) is 5.39 Å². The summed E-state index contributed by atoms with van der Waals surface area (Å²) >= 11 is 0. The Balaban J connectivity index is 1.66. The van der Waals surface area contributed by atoms with Gasteiger partial charge < -0.3 is 24.3 Å². The first-order chi connectivity index (χ1) is 14.9. The molecule has 0 bridgehead atoms. The van der Waals surface area contributed by atoms with E-state index in [-0.39, 0.29) is 12.0 Å². The number of aliphatic carboxylic acids is 1. The van der Waals surface area contributed by atoms with Crippen LogP contribution in [0.4, 0.5) is 0 Å². The summed E-state index contributed by atoms with van der Waals surface area (Å²) in [5, 5.41) is 12.6. The molecule has 1 aliphatic rings. The molecule has 1 aliphatic carbocycles. The Hall–Kier alpha value is -3.13. The Bertz CT molecular complexity index is 1000. The minimum Gasteiger partial charge on any atom is -0.490 e. The number of nitrogens with one attached hydrogen (secondary N) is 1. The van der Waals surface area contributed by atoms with E-state index in [2.05, 4.69) is 5.32 Å². The van der Waals surface area contributed by atoms with Gasteiger partial charge in [-0.05, 0) is 31.9 Å².